The molecule has 0 radical (unpaired) electrons. The Morgan fingerprint density at radius 3 is 0.833 bits per heavy atom. The van der Waals surface area contributed by atoms with Crippen molar-refractivity contribution in [2.24, 2.45) is 0 Å². The summed E-state index contributed by atoms with van der Waals surface area (Å²) in [6.45, 7) is 9.12. The van der Waals surface area contributed by atoms with E-state index in [0.29, 0.717) is 18.3 Å². The molecule has 0 aromatic carbocycles. The molecule has 0 amide bonds. The van der Waals surface area contributed by atoms with Crippen LogP contribution in [0.5, 0.6) is 0 Å². The summed E-state index contributed by atoms with van der Waals surface area (Å²) in [5.74, 6) is 0. The van der Waals surface area contributed by atoms with E-state index >= 15 is 0 Å². The van der Waals surface area contributed by atoms with Gasteiger partial charge in [0, 0.05) is 0 Å². The van der Waals surface area contributed by atoms with Gasteiger partial charge in [-0.2, -0.15) is 0 Å². The Kier molecular flexibility index (Phi) is 20.6. The van der Waals surface area contributed by atoms with Crippen molar-refractivity contribution in [2.75, 3.05) is 19.8 Å². The van der Waals surface area contributed by atoms with Gasteiger partial charge in [-0.3, -0.25) is 0 Å². The molecule has 9 nitrogen and oxygen atoms in total. The minimum atomic E-state index is -1.08. The molecule has 24 heavy (non-hydrogen) atoms. The Hall–Kier alpha value is 1.29. The maximum Gasteiger partial charge on any atom is 1.00 e. The first-order chi connectivity index (χ1) is 9.86. The van der Waals surface area contributed by atoms with Crippen LogP contribution in [0.15, 0.2) is 14.4 Å². The van der Waals surface area contributed by atoms with Gasteiger partial charge in [0.15, 0.2) is 0 Å². The van der Waals surface area contributed by atoms with Gasteiger partial charge in [-0.1, -0.05) is 0 Å². The second-order valence-electron chi connectivity index (χ2n) is 4.61. The van der Waals surface area contributed by atoms with E-state index in [-0.39, 0.29) is 88.7 Å². The van der Waals surface area contributed by atoms with Crippen LogP contribution >= 0.6 is 0 Å². The Labute approximate surface area is 205 Å². The summed E-state index contributed by atoms with van der Waals surface area (Å²) in [5.41, 5.74) is -3.25. The summed E-state index contributed by atoms with van der Waals surface area (Å²) in [4.78, 5) is 38.2. The number of hydrogen-bond acceptors (Lipinski definition) is 6. The van der Waals surface area contributed by atoms with Gasteiger partial charge in [0.2, 0.25) is 0 Å². The third-order valence-corrected chi connectivity index (χ3v) is 2.07. The normalized spacial score (nSPS) is 23.4. The molecule has 0 aliphatic carbocycles. The van der Waals surface area contributed by atoms with E-state index in [1.165, 1.54) is 0 Å². The van der Waals surface area contributed by atoms with Gasteiger partial charge in [-0.05, 0) is 37.8 Å². The molecule has 0 N–H and O–H groups in total. The van der Waals surface area contributed by atoms with Crippen LogP contribution in [0.4, 0.5) is 0 Å². The van der Waals surface area contributed by atoms with Gasteiger partial charge in [-0.25, -0.2) is 0 Å². The van der Waals surface area contributed by atoms with E-state index in [1.807, 2.05) is 0 Å². The van der Waals surface area contributed by atoms with Gasteiger partial charge >= 0.3 is 88.7 Å². The molecule has 4 heterocycles. The van der Waals surface area contributed by atoms with Gasteiger partial charge in [-0.15, -0.1) is 0 Å². The van der Waals surface area contributed by atoms with Crippen molar-refractivity contribution in [1.29, 1.82) is 0 Å². The van der Waals surface area contributed by atoms with Crippen molar-refractivity contribution >= 4 is 0 Å². The summed E-state index contributed by atoms with van der Waals surface area (Å²) >= 11 is 0. The van der Waals surface area contributed by atoms with Crippen LogP contribution in [0.2, 0.25) is 0 Å². The first-order valence-electron chi connectivity index (χ1n) is 6.48. The van der Waals surface area contributed by atoms with Crippen LogP contribution in [0, 0.1) is 0 Å². The molecular weight excluding hydrogens is 351 g/mol. The van der Waals surface area contributed by atoms with Crippen molar-refractivity contribution in [3.8, 4) is 0 Å². The Morgan fingerprint density at radius 1 is 0.625 bits per heavy atom. The van der Waals surface area contributed by atoms with Crippen LogP contribution in [0.25, 0.3) is 0 Å². The summed E-state index contributed by atoms with van der Waals surface area (Å²) in [6, 6.07) is 0. The van der Waals surface area contributed by atoms with Gasteiger partial charge in [0.05, 0.1) is 38.1 Å². The number of ether oxygens (including phenoxy) is 3. The largest absolute Gasteiger partial charge is 1.00 e. The molecule has 0 spiro atoms. The molecule has 12 heteroatoms. The standard InChI is InChI=1S/C3H3N3O3.3C3H6O.3Na/c7-1-4-2(8)6-3(9)5-1;3*1-3-2-4-3;;;/h(H3,4,5,6,7,8,9);3*3H,2H2,1H3;;;/q;;;;3*+1/p-3. The summed E-state index contributed by atoms with van der Waals surface area (Å²) in [7, 11) is 0. The molecule has 3 aliphatic rings. The molecular formula is C12H18N3Na3O6. The summed E-state index contributed by atoms with van der Waals surface area (Å²) in [5, 5.41) is 0. The molecule has 3 aliphatic heterocycles. The predicted molar refractivity (Wildman–Crippen MR) is 71.5 cm³/mol. The number of nitrogens with zero attached hydrogens (tertiary/aromatic N) is 3. The Morgan fingerprint density at radius 2 is 0.750 bits per heavy atom. The molecule has 3 unspecified atom stereocenters. The molecule has 3 fully saturated rings. The first-order valence-corrected chi connectivity index (χ1v) is 6.48. The zero-order chi connectivity index (χ0) is 15.8. The Balaban J connectivity index is -0.000000252. The van der Waals surface area contributed by atoms with E-state index in [2.05, 4.69) is 35.7 Å². The maximum atomic E-state index is 10.0. The van der Waals surface area contributed by atoms with E-state index in [0.717, 1.165) is 19.8 Å². The van der Waals surface area contributed by atoms with Gasteiger partial charge in [0.25, 0.3) is 0 Å². The smallest absolute Gasteiger partial charge is 0.628 e. The van der Waals surface area contributed by atoms with E-state index in [1.54, 1.807) is 0 Å². The van der Waals surface area contributed by atoms with E-state index < -0.39 is 17.1 Å². The fourth-order valence-electron chi connectivity index (χ4n) is 0.609. The third-order valence-electron chi connectivity index (χ3n) is 2.07. The van der Waals surface area contributed by atoms with Crippen molar-refractivity contribution in [1.82, 2.24) is 15.0 Å². The third kappa shape index (κ3) is 23.3. The number of aromatic nitrogens is 3. The molecule has 4 rings (SSSR count). The number of hydrogen-bond donors (Lipinski definition) is 0. The van der Waals surface area contributed by atoms with Crippen LogP contribution in [0.1, 0.15) is 20.8 Å². The zero-order valence-electron chi connectivity index (χ0n) is 15.1. The maximum absolute atomic E-state index is 10.0. The molecule has 1 aromatic rings. The fraction of sp³-hybridized carbons (Fsp3) is 0.750. The molecule has 120 valence electrons. The number of epoxide rings is 3. The minimum absolute atomic E-state index is 0. The second-order valence-corrected chi connectivity index (χ2v) is 4.61. The van der Waals surface area contributed by atoms with Crippen LogP contribution in [0.3, 0.4) is 0 Å². The molecule has 0 bridgehead atoms. The molecule has 0 saturated carbocycles. The topological polar surface area (TPSA) is 131 Å². The number of rotatable bonds is 0. The van der Waals surface area contributed by atoms with Crippen molar-refractivity contribution < 1.29 is 103 Å². The van der Waals surface area contributed by atoms with Gasteiger partial charge < -0.3 is 43.5 Å². The molecule has 3 atom stereocenters. The Bertz CT molecular complexity index is 476. The van der Waals surface area contributed by atoms with Crippen molar-refractivity contribution in [2.45, 2.75) is 39.1 Å². The fourth-order valence-corrected chi connectivity index (χ4v) is 0.609. The summed E-state index contributed by atoms with van der Waals surface area (Å²) in [6.07, 6.45) is 1.75. The molecule has 3 saturated heterocycles. The first kappa shape index (κ1) is 30.0. The van der Waals surface area contributed by atoms with E-state index in [9.17, 15) is 14.4 Å². The van der Waals surface area contributed by atoms with Gasteiger partial charge in [0.1, 0.15) is 0 Å². The van der Waals surface area contributed by atoms with Crippen molar-refractivity contribution in [3.63, 3.8) is 0 Å². The van der Waals surface area contributed by atoms with Crippen LogP contribution in [-0.4, -0.2) is 38.1 Å². The van der Waals surface area contributed by atoms with E-state index in [4.69, 9.17) is 14.2 Å². The average molecular weight is 369 g/mol. The van der Waals surface area contributed by atoms with Crippen LogP contribution < -0.4 is 121 Å². The average Bonchev–Trinajstić information content (AvgIpc) is 3.14. The molecule has 1 aromatic heterocycles. The summed E-state index contributed by atoms with van der Waals surface area (Å²) < 4.78 is 14.1. The monoisotopic (exact) mass is 369 g/mol. The minimum Gasteiger partial charge on any atom is -0.628 e. The zero-order valence-corrected chi connectivity index (χ0v) is 21.1. The van der Waals surface area contributed by atoms with Crippen LogP contribution in [-0.2, 0) is 14.2 Å². The quantitative estimate of drug-likeness (QED) is 0.323. The van der Waals surface area contributed by atoms with Crippen molar-refractivity contribution in [3.05, 3.63) is 31.5 Å². The second kappa shape index (κ2) is 16.5. The predicted octanol–water partition coefficient (Wildman–Crippen LogP) is -11.1. The SMILES string of the molecule is CC1CO1.CC1CO1.CC1CO1.O=c1[n-]c(=O)[n-]c(=O)[n-]1.[Na+].[Na+].[Na+].